The van der Waals surface area contributed by atoms with Crippen molar-refractivity contribution in [3.8, 4) is 0 Å². The van der Waals surface area contributed by atoms with E-state index in [0.29, 0.717) is 6.54 Å². The summed E-state index contributed by atoms with van der Waals surface area (Å²) in [6.45, 7) is 5.22. The predicted octanol–water partition coefficient (Wildman–Crippen LogP) is 4.24. The van der Waals surface area contributed by atoms with E-state index in [1.54, 1.807) is 0 Å². The standard InChI is InChI=1S/C17H27ClN2/c1-2-6-14-7-5-11-20(12-10-14)17(13-19)15-8-3-4-9-16(15)18/h3-4,8-9,14,17H,2,5-7,10-13,19H2,1H3. The monoisotopic (exact) mass is 294 g/mol. The zero-order chi connectivity index (χ0) is 14.4. The molecule has 2 nitrogen and oxygen atoms in total. The molecule has 2 atom stereocenters. The van der Waals surface area contributed by atoms with E-state index in [0.717, 1.165) is 24.0 Å². The Morgan fingerprint density at radius 3 is 2.80 bits per heavy atom. The molecular formula is C17H27ClN2. The second-order valence-electron chi connectivity index (χ2n) is 5.89. The molecule has 0 radical (unpaired) electrons. The Balaban J connectivity index is 2.06. The molecule has 1 aliphatic rings. The lowest BCUT2D eigenvalue weighted by Crippen LogP contribution is -2.34. The Bertz CT molecular complexity index is 408. The number of benzene rings is 1. The van der Waals surface area contributed by atoms with Crippen molar-refractivity contribution in [1.82, 2.24) is 4.90 Å². The normalized spacial score (nSPS) is 22.4. The lowest BCUT2D eigenvalue weighted by Gasteiger charge is -2.30. The van der Waals surface area contributed by atoms with E-state index in [-0.39, 0.29) is 6.04 Å². The maximum absolute atomic E-state index is 6.35. The van der Waals surface area contributed by atoms with Gasteiger partial charge >= 0.3 is 0 Å². The highest BCUT2D eigenvalue weighted by Gasteiger charge is 2.24. The molecule has 0 aliphatic carbocycles. The predicted molar refractivity (Wildman–Crippen MR) is 87.1 cm³/mol. The highest BCUT2D eigenvalue weighted by molar-refractivity contribution is 6.31. The highest BCUT2D eigenvalue weighted by Crippen LogP contribution is 2.30. The van der Waals surface area contributed by atoms with Crippen LogP contribution in [0.1, 0.15) is 50.6 Å². The van der Waals surface area contributed by atoms with Crippen LogP contribution in [-0.2, 0) is 0 Å². The summed E-state index contributed by atoms with van der Waals surface area (Å²) in [5.74, 6) is 0.898. The lowest BCUT2D eigenvalue weighted by molar-refractivity contribution is 0.206. The van der Waals surface area contributed by atoms with Crippen LogP contribution >= 0.6 is 11.6 Å². The fraction of sp³-hybridized carbons (Fsp3) is 0.647. The largest absolute Gasteiger partial charge is 0.329 e. The van der Waals surface area contributed by atoms with Gasteiger partial charge in [-0.1, -0.05) is 49.6 Å². The number of halogens is 1. The van der Waals surface area contributed by atoms with Gasteiger partial charge in [-0.05, 0) is 49.9 Å². The summed E-state index contributed by atoms with van der Waals surface area (Å²) in [6.07, 6.45) is 6.62. The summed E-state index contributed by atoms with van der Waals surface area (Å²) < 4.78 is 0. The molecular weight excluding hydrogens is 268 g/mol. The number of likely N-dealkylation sites (tertiary alicyclic amines) is 1. The van der Waals surface area contributed by atoms with Crippen LogP contribution in [-0.4, -0.2) is 24.5 Å². The molecule has 112 valence electrons. The van der Waals surface area contributed by atoms with Crippen molar-refractivity contribution < 1.29 is 0 Å². The number of rotatable bonds is 5. The van der Waals surface area contributed by atoms with Crippen LogP contribution in [0.2, 0.25) is 5.02 Å². The molecule has 1 heterocycles. The third-order valence-electron chi connectivity index (χ3n) is 4.51. The minimum Gasteiger partial charge on any atom is -0.329 e. The van der Waals surface area contributed by atoms with Crippen molar-refractivity contribution in [1.29, 1.82) is 0 Å². The first-order valence-electron chi connectivity index (χ1n) is 7.94. The van der Waals surface area contributed by atoms with Crippen LogP contribution in [0, 0.1) is 5.92 Å². The Morgan fingerprint density at radius 1 is 1.30 bits per heavy atom. The van der Waals surface area contributed by atoms with Gasteiger partial charge in [0.05, 0.1) is 0 Å². The highest BCUT2D eigenvalue weighted by atomic mass is 35.5. The van der Waals surface area contributed by atoms with Crippen LogP contribution in [0.15, 0.2) is 24.3 Å². The summed E-state index contributed by atoms with van der Waals surface area (Å²) in [5.41, 5.74) is 7.23. The van der Waals surface area contributed by atoms with Gasteiger partial charge in [0.15, 0.2) is 0 Å². The van der Waals surface area contributed by atoms with E-state index in [1.165, 1.54) is 37.7 Å². The molecule has 20 heavy (non-hydrogen) atoms. The second-order valence-corrected chi connectivity index (χ2v) is 6.30. The summed E-state index contributed by atoms with van der Waals surface area (Å²) in [6, 6.07) is 8.40. The Kier molecular flexibility index (Phi) is 6.34. The van der Waals surface area contributed by atoms with Gasteiger partial charge in [-0.3, -0.25) is 4.90 Å². The van der Waals surface area contributed by atoms with E-state index in [4.69, 9.17) is 17.3 Å². The molecule has 0 bridgehead atoms. The summed E-state index contributed by atoms with van der Waals surface area (Å²) in [4.78, 5) is 2.54. The Hall–Kier alpha value is -0.570. The van der Waals surface area contributed by atoms with Crippen LogP contribution in [0.4, 0.5) is 0 Å². The van der Waals surface area contributed by atoms with Gasteiger partial charge in [0, 0.05) is 17.6 Å². The van der Waals surface area contributed by atoms with Crippen LogP contribution in [0.25, 0.3) is 0 Å². The Labute approximate surface area is 128 Å². The molecule has 1 aromatic rings. The van der Waals surface area contributed by atoms with Gasteiger partial charge in [0.2, 0.25) is 0 Å². The lowest BCUT2D eigenvalue weighted by atomic mass is 9.96. The van der Waals surface area contributed by atoms with Crippen molar-refractivity contribution in [2.24, 2.45) is 11.7 Å². The third-order valence-corrected chi connectivity index (χ3v) is 4.85. The molecule has 0 amide bonds. The van der Waals surface area contributed by atoms with Crippen LogP contribution in [0.3, 0.4) is 0 Å². The van der Waals surface area contributed by atoms with E-state index >= 15 is 0 Å². The average Bonchev–Trinajstić information content (AvgIpc) is 2.68. The van der Waals surface area contributed by atoms with Crippen molar-refractivity contribution in [2.75, 3.05) is 19.6 Å². The quantitative estimate of drug-likeness (QED) is 0.880. The average molecular weight is 295 g/mol. The summed E-state index contributed by atoms with van der Waals surface area (Å²) in [7, 11) is 0. The number of hydrogen-bond donors (Lipinski definition) is 1. The van der Waals surface area contributed by atoms with Gasteiger partial charge in [-0.25, -0.2) is 0 Å². The molecule has 2 N–H and O–H groups in total. The number of nitrogens with zero attached hydrogens (tertiary/aromatic N) is 1. The topological polar surface area (TPSA) is 29.3 Å². The fourth-order valence-electron chi connectivity index (χ4n) is 3.41. The van der Waals surface area contributed by atoms with E-state index < -0.39 is 0 Å². The molecule has 1 fully saturated rings. The summed E-state index contributed by atoms with van der Waals surface area (Å²) >= 11 is 6.35. The summed E-state index contributed by atoms with van der Waals surface area (Å²) in [5, 5.41) is 0.845. The van der Waals surface area contributed by atoms with Gasteiger partial charge in [0.25, 0.3) is 0 Å². The van der Waals surface area contributed by atoms with Gasteiger partial charge in [0.1, 0.15) is 0 Å². The first-order chi connectivity index (χ1) is 9.76. The van der Waals surface area contributed by atoms with Crippen molar-refractivity contribution in [3.63, 3.8) is 0 Å². The smallest absolute Gasteiger partial charge is 0.0485 e. The molecule has 1 saturated heterocycles. The molecule has 0 aromatic heterocycles. The zero-order valence-corrected chi connectivity index (χ0v) is 13.3. The molecule has 1 aromatic carbocycles. The number of nitrogens with two attached hydrogens (primary N) is 1. The van der Waals surface area contributed by atoms with Crippen molar-refractivity contribution in [3.05, 3.63) is 34.9 Å². The fourth-order valence-corrected chi connectivity index (χ4v) is 3.68. The Morgan fingerprint density at radius 2 is 2.10 bits per heavy atom. The first-order valence-corrected chi connectivity index (χ1v) is 8.32. The maximum atomic E-state index is 6.35. The minimum atomic E-state index is 0.268. The van der Waals surface area contributed by atoms with Crippen molar-refractivity contribution >= 4 is 11.6 Å². The zero-order valence-electron chi connectivity index (χ0n) is 12.5. The maximum Gasteiger partial charge on any atom is 0.0485 e. The van der Waals surface area contributed by atoms with Gasteiger partial charge < -0.3 is 5.73 Å². The molecule has 0 saturated carbocycles. The molecule has 2 unspecified atom stereocenters. The van der Waals surface area contributed by atoms with E-state index in [9.17, 15) is 0 Å². The SMILES string of the molecule is CCCC1CCCN(C(CN)c2ccccc2Cl)CC1. The molecule has 3 heteroatoms. The van der Waals surface area contributed by atoms with E-state index in [1.807, 2.05) is 12.1 Å². The van der Waals surface area contributed by atoms with Crippen molar-refractivity contribution in [2.45, 2.75) is 45.1 Å². The van der Waals surface area contributed by atoms with E-state index in [2.05, 4.69) is 24.0 Å². The molecule has 1 aliphatic heterocycles. The second kappa shape index (κ2) is 8.02. The van der Waals surface area contributed by atoms with Crippen LogP contribution < -0.4 is 5.73 Å². The van der Waals surface area contributed by atoms with Crippen LogP contribution in [0.5, 0.6) is 0 Å². The first kappa shape index (κ1) is 15.8. The molecule has 0 spiro atoms. The van der Waals surface area contributed by atoms with Gasteiger partial charge in [-0.15, -0.1) is 0 Å². The number of hydrogen-bond acceptors (Lipinski definition) is 2. The van der Waals surface area contributed by atoms with Gasteiger partial charge in [-0.2, -0.15) is 0 Å². The third kappa shape index (κ3) is 3.97. The minimum absolute atomic E-state index is 0.268. The molecule has 2 rings (SSSR count).